The Kier molecular flexibility index (Phi) is 4.82. The van der Waals surface area contributed by atoms with E-state index in [0.29, 0.717) is 0 Å². The van der Waals surface area contributed by atoms with Crippen molar-refractivity contribution in [3.05, 3.63) is 146 Å². The Morgan fingerprint density at radius 2 is 0.718 bits per heavy atom. The number of rotatable bonds is 4. The second-order valence-electron chi connectivity index (χ2n) is 9.84. The molecule has 0 fully saturated rings. The summed E-state index contributed by atoms with van der Waals surface area (Å²) in [5.74, 6) is 1.65. The van der Waals surface area contributed by atoms with Gasteiger partial charge in [-0.05, 0) is 72.8 Å². The predicted octanol–water partition coefficient (Wildman–Crippen LogP) is 9.67. The summed E-state index contributed by atoms with van der Waals surface area (Å²) in [6.07, 6.45) is 0. The van der Waals surface area contributed by atoms with E-state index < -0.39 is 0 Å². The summed E-state index contributed by atoms with van der Waals surface area (Å²) < 4.78 is 11.1. The lowest BCUT2D eigenvalue weighted by Crippen LogP contribution is -1.93. The molecule has 6 aromatic carbocycles. The maximum atomic E-state index is 6.50. The Labute approximate surface area is 225 Å². The van der Waals surface area contributed by atoms with Crippen LogP contribution in [0.1, 0.15) is 0 Å². The zero-order chi connectivity index (χ0) is 25.8. The van der Waals surface area contributed by atoms with Gasteiger partial charge in [-0.3, -0.25) is 0 Å². The summed E-state index contributed by atoms with van der Waals surface area (Å²) in [6, 6.07) is 50.9. The third-order valence-corrected chi connectivity index (χ3v) is 7.55. The minimum Gasteiger partial charge on any atom is -0.457 e. The minimum atomic E-state index is 0.824. The van der Waals surface area contributed by atoms with Crippen LogP contribution in [-0.4, -0.2) is 9.13 Å². The molecule has 0 radical (unpaired) electrons. The third kappa shape index (κ3) is 3.44. The SMILES string of the molecule is c1ccc(-n2c3ccccc3c3cc(Oc4ccc5c(c4)c4ccccc4n5-c4ccccc4)ccc32)cc1. The number of aromatic nitrogens is 2. The van der Waals surface area contributed by atoms with Crippen LogP contribution in [0.25, 0.3) is 55.0 Å². The Morgan fingerprint density at radius 3 is 1.18 bits per heavy atom. The summed E-state index contributed by atoms with van der Waals surface area (Å²) >= 11 is 0. The minimum absolute atomic E-state index is 0.824. The van der Waals surface area contributed by atoms with Gasteiger partial charge in [-0.25, -0.2) is 0 Å². The van der Waals surface area contributed by atoms with E-state index in [4.69, 9.17) is 4.74 Å². The van der Waals surface area contributed by atoms with Crippen molar-refractivity contribution in [3.63, 3.8) is 0 Å². The van der Waals surface area contributed by atoms with Gasteiger partial charge < -0.3 is 13.9 Å². The van der Waals surface area contributed by atoms with E-state index in [1.165, 1.54) is 32.6 Å². The van der Waals surface area contributed by atoms with Crippen LogP contribution in [0.5, 0.6) is 11.5 Å². The quantitative estimate of drug-likeness (QED) is 0.235. The molecule has 8 rings (SSSR count). The molecule has 2 aromatic heterocycles. The van der Waals surface area contributed by atoms with Crippen LogP contribution in [0.4, 0.5) is 0 Å². The van der Waals surface area contributed by atoms with Crippen molar-refractivity contribution in [3.8, 4) is 22.9 Å². The van der Waals surface area contributed by atoms with Gasteiger partial charge >= 0.3 is 0 Å². The normalized spacial score (nSPS) is 11.6. The van der Waals surface area contributed by atoms with Crippen molar-refractivity contribution in [1.29, 1.82) is 0 Å². The molecule has 0 atom stereocenters. The van der Waals surface area contributed by atoms with Crippen LogP contribution < -0.4 is 4.74 Å². The van der Waals surface area contributed by atoms with Crippen molar-refractivity contribution in [2.75, 3.05) is 0 Å². The average molecular weight is 501 g/mol. The maximum Gasteiger partial charge on any atom is 0.128 e. The molecule has 184 valence electrons. The highest BCUT2D eigenvalue weighted by Gasteiger charge is 2.15. The molecule has 0 saturated carbocycles. The van der Waals surface area contributed by atoms with Gasteiger partial charge in [0.15, 0.2) is 0 Å². The molecule has 3 heteroatoms. The molecule has 0 aliphatic rings. The van der Waals surface area contributed by atoms with Gasteiger partial charge in [-0.15, -0.1) is 0 Å². The third-order valence-electron chi connectivity index (χ3n) is 7.55. The fraction of sp³-hybridized carbons (Fsp3) is 0. The fourth-order valence-corrected chi connectivity index (χ4v) is 5.88. The maximum absolute atomic E-state index is 6.50. The number of fused-ring (bicyclic) bond motifs is 6. The first-order valence-corrected chi connectivity index (χ1v) is 13.2. The molecule has 0 unspecified atom stereocenters. The molecular weight excluding hydrogens is 476 g/mol. The van der Waals surface area contributed by atoms with Gasteiger partial charge in [-0.1, -0.05) is 72.8 Å². The van der Waals surface area contributed by atoms with Gasteiger partial charge in [0, 0.05) is 32.9 Å². The van der Waals surface area contributed by atoms with Crippen LogP contribution >= 0.6 is 0 Å². The summed E-state index contributed by atoms with van der Waals surface area (Å²) in [5, 5.41) is 4.77. The largest absolute Gasteiger partial charge is 0.457 e. The molecular formula is C36H24N2O. The van der Waals surface area contributed by atoms with Crippen molar-refractivity contribution >= 4 is 43.6 Å². The lowest BCUT2D eigenvalue weighted by Gasteiger charge is -2.10. The Morgan fingerprint density at radius 1 is 0.333 bits per heavy atom. The van der Waals surface area contributed by atoms with Gasteiger partial charge in [0.25, 0.3) is 0 Å². The van der Waals surface area contributed by atoms with Gasteiger partial charge in [0.05, 0.1) is 22.1 Å². The number of hydrogen-bond donors (Lipinski definition) is 0. The molecule has 2 heterocycles. The molecule has 0 aliphatic carbocycles. The molecule has 3 nitrogen and oxygen atoms in total. The lowest BCUT2D eigenvalue weighted by molar-refractivity contribution is 0.484. The van der Waals surface area contributed by atoms with Gasteiger partial charge in [0.2, 0.25) is 0 Å². The summed E-state index contributed by atoms with van der Waals surface area (Å²) in [4.78, 5) is 0. The number of ether oxygens (including phenoxy) is 1. The standard InChI is InChI=1S/C36H24N2O/c1-3-11-25(12-4-1)37-33-17-9-7-15-29(33)31-23-27(19-21-35(31)37)39-28-20-22-36-32(24-28)30-16-8-10-18-34(30)38(36)26-13-5-2-6-14-26/h1-24H. The molecule has 0 aliphatic heterocycles. The van der Waals surface area contributed by atoms with Crippen LogP contribution in [0.15, 0.2) is 146 Å². The van der Waals surface area contributed by atoms with Crippen LogP contribution in [-0.2, 0) is 0 Å². The molecule has 0 saturated heterocycles. The molecule has 0 spiro atoms. The van der Waals surface area contributed by atoms with E-state index in [-0.39, 0.29) is 0 Å². The second kappa shape index (κ2) is 8.64. The van der Waals surface area contributed by atoms with Gasteiger partial charge in [-0.2, -0.15) is 0 Å². The smallest absolute Gasteiger partial charge is 0.128 e. The van der Waals surface area contributed by atoms with Crippen LogP contribution in [0.3, 0.4) is 0 Å². The van der Waals surface area contributed by atoms with E-state index in [1.807, 2.05) is 0 Å². The highest BCUT2D eigenvalue weighted by Crippen LogP contribution is 2.38. The molecule has 8 aromatic rings. The van der Waals surface area contributed by atoms with E-state index in [2.05, 4.69) is 155 Å². The number of benzene rings is 6. The first kappa shape index (κ1) is 21.8. The number of para-hydroxylation sites is 4. The number of hydrogen-bond acceptors (Lipinski definition) is 1. The Hall–Kier alpha value is -5.28. The first-order chi connectivity index (χ1) is 19.3. The van der Waals surface area contributed by atoms with Crippen LogP contribution in [0, 0.1) is 0 Å². The first-order valence-electron chi connectivity index (χ1n) is 13.2. The number of nitrogens with zero attached hydrogens (tertiary/aromatic N) is 2. The monoisotopic (exact) mass is 500 g/mol. The van der Waals surface area contributed by atoms with Crippen molar-refractivity contribution in [1.82, 2.24) is 9.13 Å². The van der Waals surface area contributed by atoms with E-state index in [1.54, 1.807) is 0 Å². The Bertz CT molecular complexity index is 1980. The lowest BCUT2D eigenvalue weighted by atomic mass is 10.1. The zero-order valence-corrected chi connectivity index (χ0v) is 21.2. The summed E-state index contributed by atoms with van der Waals surface area (Å²) in [7, 11) is 0. The average Bonchev–Trinajstić information content (AvgIpc) is 3.50. The predicted molar refractivity (Wildman–Crippen MR) is 162 cm³/mol. The van der Waals surface area contributed by atoms with Crippen molar-refractivity contribution < 1.29 is 4.74 Å². The molecule has 39 heavy (non-hydrogen) atoms. The fourth-order valence-electron chi connectivity index (χ4n) is 5.88. The van der Waals surface area contributed by atoms with Crippen LogP contribution in [0.2, 0.25) is 0 Å². The van der Waals surface area contributed by atoms with Crippen molar-refractivity contribution in [2.45, 2.75) is 0 Å². The second-order valence-corrected chi connectivity index (χ2v) is 9.84. The molecule has 0 amide bonds. The van der Waals surface area contributed by atoms with Gasteiger partial charge in [0.1, 0.15) is 11.5 Å². The molecule has 0 bridgehead atoms. The Balaban J connectivity index is 1.26. The van der Waals surface area contributed by atoms with Crippen molar-refractivity contribution in [2.24, 2.45) is 0 Å². The van der Waals surface area contributed by atoms with E-state index in [9.17, 15) is 0 Å². The van der Waals surface area contributed by atoms with E-state index in [0.717, 1.165) is 33.9 Å². The topological polar surface area (TPSA) is 19.1 Å². The molecule has 0 N–H and O–H groups in total. The highest BCUT2D eigenvalue weighted by molar-refractivity contribution is 6.10. The summed E-state index contributed by atoms with van der Waals surface area (Å²) in [5.41, 5.74) is 7.00. The summed E-state index contributed by atoms with van der Waals surface area (Å²) in [6.45, 7) is 0. The zero-order valence-electron chi connectivity index (χ0n) is 21.2. The highest BCUT2D eigenvalue weighted by atomic mass is 16.5. The van der Waals surface area contributed by atoms with E-state index >= 15 is 0 Å².